The van der Waals surface area contributed by atoms with Gasteiger partial charge in [-0.15, -0.1) is 11.3 Å². The fourth-order valence-electron chi connectivity index (χ4n) is 1.83. The highest BCUT2D eigenvalue weighted by Gasteiger charge is 2.38. The van der Waals surface area contributed by atoms with Gasteiger partial charge in [-0.05, 0) is 12.1 Å². The van der Waals surface area contributed by atoms with Crippen molar-refractivity contribution in [1.29, 1.82) is 0 Å². The molecule has 0 saturated carbocycles. The lowest BCUT2D eigenvalue weighted by Gasteiger charge is -2.30. The molecule has 15 heavy (non-hydrogen) atoms. The number of hydrogen-bond acceptors (Lipinski definition) is 3. The number of thiophene rings is 1. The smallest absolute Gasteiger partial charge is 0.227 e. The Kier molecular flexibility index (Phi) is 2.56. The number of halogens is 1. The summed E-state index contributed by atoms with van der Waals surface area (Å²) in [4.78, 5) is 23.6. The van der Waals surface area contributed by atoms with Crippen LogP contribution in [0.3, 0.4) is 0 Å². The van der Waals surface area contributed by atoms with Crippen LogP contribution in [0.2, 0.25) is 4.34 Å². The Morgan fingerprint density at radius 2 is 1.93 bits per heavy atom. The zero-order valence-corrected chi connectivity index (χ0v) is 9.74. The minimum atomic E-state index is -0.392. The second-order valence-electron chi connectivity index (χ2n) is 3.99. The monoisotopic (exact) mass is 243 g/mol. The molecule has 3 nitrogen and oxygen atoms in total. The number of hydrogen-bond donors (Lipinski definition) is 1. The summed E-state index contributed by atoms with van der Waals surface area (Å²) < 4.78 is 0.685. The van der Waals surface area contributed by atoms with Crippen LogP contribution < -0.4 is 5.32 Å². The van der Waals surface area contributed by atoms with Gasteiger partial charge >= 0.3 is 0 Å². The van der Waals surface area contributed by atoms with Gasteiger partial charge in [0, 0.05) is 23.1 Å². The molecule has 1 saturated heterocycles. The summed E-state index contributed by atoms with van der Waals surface area (Å²) in [6.45, 7) is 1.92. The Morgan fingerprint density at radius 1 is 1.33 bits per heavy atom. The summed E-state index contributed by atoms with van der Waals surface area (Å²) in [5.74, 6) is -0.420. The number of carbonyl (C=O) groups excluding carboxylic acids is 2. The van der Waals surface area contributed by atoms with Gasteiger partial charge in [-0.3, -0.25) is 14.9 Å². The second-order valence-corrected chi connectivity index (χ2v) is 5.70. The molecule has 2 amide bonds. The van der Waals surface area contributed by atoms with Gasteiger partial charge in [0.25, 0.3) is 0 Å². The van der Waals surface area contributed by atoms with E-state index >= 15 is 0 Å². The van der Waals surface area contributed by atoms with Gasteiger partial charge in [-0.2, -0.15) is 0 Å². The van der Waals surface area contributed by atoms with E-state index in [0.29, 0.717) is 17.2 Å². The molecule has 0 aliphatic carbocycles. The van der Waals surface area contributed by atoms with E-state index in [-0.39, 0.29) is 11.8 Å². The fraction of sp³-hybridized carbons (Fsp3) is 0.400. The number of imide groups is 1. The number of nitrogens with one attached hydrogen (secondary N) is 1. The molecule has 1 aliphatic heterocycles. The van der Waals surface area contributed by atoms with E-state index in [0.717, 1.165) is 4.88 Å². The van der Waals surface area contributed by atoms with Crippen LogP contribution in [0.15, 0.2) is 12.1 Å². The molecule has 2 rings (SSSR count). The van der Waals surface area contributed by atoms with Crippen LogP contribution in [-0.2, 0) is 15.0 Å². The highest BCUT2D eigenvalue weighted by molar-refractivity contribution is 7.16. The number of carbonyl (C=O) groups is 2. The second kappa shape index (κ2) is 3.61. The van der Waals surface area contributed by atoms with Crippen molar-refractivity contribution in [3.63, 3.8) is 0 Å². The van der Waals surface area contributed by atoms with E-state index in [1.54, 1.807) is 6.07 Å². The molecule has 80 valence electrons. The first-order valence-electron chi connectivity index (χ1n) is 4.58. The quantitative estimate of drug-likeness (QED) is 0.768. The third-order valence-corrected chi connectivity index (χ3v) is 4.09. The molecule has 0 spiro atoms. The molecule has 1 aromatic rings. The Bertz CT molecular complexity index is 411. The van der Waals surface area contributed by atoms with E-state index in [4.69, 9.17) is 11.6 Å². The molecule has 2 heterocycles. The summed E-state index contributed by atoms with van der Waals surface area (Å²) in [6.07, 6.45) is 0.686. The fourth-order valence-corrected chi connectivity index (χ4v) is 3.01. The van der Waals surface area contributed by atoms with E-state index in [1.165, 1.54) is 11.3 Å². The highest BCUT2D eigenvalue weighted by atomic mass is 35.5. The minimum Gasteiger partial charge on any atom is -0.296 e. The average Bonchev–Trinajstić information content (AvgIpc) is 2.49. The Labute approximate surface area is 96.4 Å². The summed E-state index contributed by atoms with van der Waals surface area (Å²) >= 11 is 7.28. The summed E-state index contributed by atoms with van der Waals surface area (Å²) in [5, 5.41) is 2.30. The predicted molar refractivity (Wildman–Crippen MR) is 59.1 cm³/mol. The summed E-state index contributed by atoms with van der Waals surface area (Å²) in [6, 6.07) is 3.68. The van der Waals surface area contributed by atoms with Crippen LogP contribution in [-0.4, -0.2) is 11.8 Å². The molecule has 1 aromatic heterocycles. The lowest BCUT2D eigenvalue weighted by Crippen LogP contribution is -2.45. The number of rotatable bonds is 1. The predicted octanol–water partition coefficient (Wildman–Crippen LogP) is 2.10. The first kappa shape index (κ1) is 10.6. The maximum atomic E-state index is 11.3. The van der Waals surface area contributed by atoms with Crippen LogP contribution in [0.5, 0.6) is 0 Å². The van der Waals surface area contributed by atoms with Crippen molar-refractivity contribution < 1.29 is 9.59 Å². The molecule has 5 heteroatoms. The van der Waals surface area contributed by atoms with Crippen molar-refractivity contribution in [2.45, 2.75) is 25.2 Å². The molecule has 0 aromatic carbocycles. The highest BCUT2D eigenvalue weighted by Crippen LogP contribution is 2.39. The van der Waals surface area contributed by atoms with Gasteiger partial charge in [0.1, 0.15) is 0 Å². The van der Waals surface area contributed by atoms with Crippen molar-refractivity contribution in [1.82, 2.24) is 5.32 Å². The van der Waals surface area contributed by atoms with Crippen LogP contribution in [0, 0.1) is 0 Å². The summed E-state index contributed by atoms with van der Waals surface area (Å²) in [7, 11) is 0. The van der Waals surface area contributed by atoms with Crippen LogP contribution in [0.4, 0.5) is 0 Å². The largest absolute Gasteiger partial charge is 0.296 e. The molecule has 0 unspecified atom stereocenters. The van der Waals surface area contributed by atoms with E-state index in [1.807, 2.05) is 13.0 Å². The average molecular weight is 244 g/mol. The van der Waals surface area contributed by atoms with Crippen molar-refractivity contribution in [3.05, 3.63) is 21.3 Å². The van der Waals surface area contributed by atoms with Gasteiger partial charge in [0.2, 0.25) is 11.8 Å². The van der Waals surface area contributed by atoms with Gasteiger partial charge in [-0.1, -0.05) is 18.5 Å². The van der Waals surface area contributed by atoms with Crippen LogP contribution in [0.1, 0.15) is 24.6 Å². The molecular formula is C10H10ClNO2S. The SMILES string of the molecule is CC1(c2ccc(Cl)s2)CC(=O)NC(=O)C1. The molecular weight excluding hydrogens is 234 g/mol. The van der Waals surface area contributed by atoms with Gasteiger partial charge in [0.05, 0.1) is 4.34 Å². The minimum absolute atomic E-state index is 0.210. The van der Waals surface area contributed by atoms with E-state index in [2.05, 4.69) is 5.32 Å². The molecule has 1 aliphatic rings. The first-order chi connectivity index (χ1) is 6.99. The third-order valence-electron chi connectivity index (χ3n) is 2.55. The van der Waals surface area contributed by atoms with Crippen LogP contribution in [0.25, 0.3) is 0 Å². The zero-order chi connectivity index (χ0) is 11.1. The topological polar surface area (TPSA) is 46.2 Å². The molecule has 1 fully saturated rings. The van der Waals surface area contributed by atoms with Crippen molar-refractivity contribution >= 4 is 34.8 Å². The van der Waals surface area contributed by atoms with Crippen molar-refractivity contribution in [2.24, 2.45) is 0 Å². The van der Waals surface area contributed by atoms with E-state index in [9.17, 15) is 9.59 Å². The van der Waals surface area contributed by atoms with E-state index < -0.39 is 5.41 Å². The Hall–Kier alpha value is -0.870. The van der Waals surface area contributed by atoms with Gasteiger partial charge in [-0.25, -0.2) is 0 Å². The third kappa shape index (κ3) is 2.06. The lowest BCUT2D eigenvalue weighted by molar-refractivity contribution is -0.135. The van der Waals surface area contributed by atoms with Gasteiger partial charge < -0.3 is 0 Å². The molecule has 0 atom stereocenters. The maximum Gasteiger partial charge on any atom is 0.227 e. The molecule has 0 bridgehead atoms. The summed E-state index contributed by atoms with van der Waals surface area (Å²) in [5.41, 5.74) is -0.392. The van der Waals surface area contributed by atoms with Crippen molar-refractivity contribution in [2.75, 3.05) is 0 Å². The molecule has 0 radical (unpaired) electrons. The number of amides is 2. The first-order valence-corrected chi connectivity index (χ1v) is 5.77. The normalized spacial score (nSPS) is 20.1. The lowest BCUT2D eigenvalue weighted by atomic mass is 9.79. The Balaban J connectivity index is 2.33. The van der Waals surface area contributed by atoms with Crippen LogP contribution >= 0.6 is 22.9 Å². The zero-order valence-electron chi connectivity index (χ0n) is 8.17. The van der Waals surface area contributed by atoms with Gasteiger partial charge in [0.15, 0.2) is 0 Å². The standard InChI is InChI=1S/C10H10ClNO2S/c1-10(6-2-3-7(11)15-6)4-8(13)12-9(14)5-10/h2-3H,4-5H2,1H3,(H,12,13,14). The Morgan fingerprint density at radius 3 is 2.40 bits per heavy atom. The maximum absolute atomic E-state index is 11.3. The number of piperidine rings is 1. The molecule has 1 N–H and O–H groups in total. The van der Waals surface area contributed by atoms with Crippen molar-refractivity contribution in [3.8, 4) is 0 Å².